The van der Waals surface area contributed by atoms with Crippen molar-refractivity contribution >= 4 is 0 Å². The molecule has 0 amide bonds. The molecule has 0 rings (SSSR count). The Morgan fingerprint density at radius 1 is 1.50 bits per heavy atom. The molecule has 0 aliphatic carbocycles. The molecule has 0 fully saturated rings. The van der Waals surface area contributed by atoms with E-state index in [1.807, 2.05) is 19.9 Å². The van der Waals surface area contributed by atoms with Crippen LogP contribution in [0.5, 0.6) is 0 Å². The van der Waals surface area contributed by atoms with Gasteiger partial charge in [-0.05, 0) is 19.8 Å². The molecule has 0 saturated carbocycles. The molecule has 0 saturated heterocycles. The van der Waals surface area contributed by atoms with Crippen LogP contribution < -0.4 is 11.5 Å². The van der Waals surface area contributed by atoms with Crippen molar-refractivity contribution in [1.82, 2.24) is 0 Å². The molecule has 0 heterocycles. The summed E-state index contributed by atoms with van der Waals surface area (Å²) in [5.74, 6) is 0. The van der Waals surface area contributed by atoms with Crippen molar-refractivity contribution in [3.05, 3.63) is 11.6 Å². The minimum Gasteiger partial charge on any atom is -0.325 e. The number of halogens is 1. The van der Waals surface area contributed by atoms with Gasteiger partial charge in [-0.2, -0.15) is 0 Å². The molecule has 2 unspecified atom stereocenters. The predicted octanol–water partition coefficient (Wildman–Crippen LogP) is 1.36. The second kappa shape index (κ2) is 6.14. The molecule has 2 nitrogen and oxygen atoms in total. The van der Waals surface area contributed by atoms with Crippen LogP contribution in [0.25, 0.3) is 0 Å². The normalized spacial score (nSPS) is 17.6. The molecule has 0 spiro atoms. The third-order valence-electron chi connectivity index (χ3n) is 1.97. The van der Waals surface area contributed by atoms with E-state index in [4.69, 9.17) is 11.5 Å². The smallest absolute Gasteiger partial charge is 0.105 e. The molecule has 0 aromatic carbocycles. The van der Waals surface area contributed by atoms with Crippen LogP contribution in [0.1, 0.15) is 26.7 Å². The summed E-state index contributed by atoms with van der Waals surface area (Å²) in [4.78, 5) is 0. The van der Waals surface area contributed by atoms with Crippen molar-refractivity contribution in [3.63, 3.8) is 0 Å². The van der Waals surface area contributed by atoms with E-state index >= 15 is 0 Å². The highest BCUT2D eigenvalue weighted by molar-refractivity contribution is 5.06. The molecule has 0 aliphatic rings. The van der Waals surface area contributed by atoms with E-state index in [0.717, 1.165) is 12.0 Å². The molecule has 0 aromatic rings. The third-order valence-corrected chi connectivity index (χ3v) is 1.97. The number of alkyl halides is 1. The molecule has 0 aromatic heterocycles. The molecule has 3 heteroatoms. The van der Waals surface area contributed by atoms with Gasteiger partial charge in [-0.1, -0.05) is 18.6 Å². The Balaban J connectivity index is 3.83. The van der Waals surface area contributed by atoms with Gasteiger partial charge in [-0.3, -0.25) is 0 Å². The first kappa shape index (κ1) is 11.6. The maximum atomic E-state index is 11.9. The molecular weight excluding hydrogens is 155 g/mol. The summed E-state index contributed by atoms with van der Waals surface area (Å²) in [5.41, 5.74) is 12.2. The lowest BCUT2D eigenvalue weighted by atomic mass is 10.1. The van der Waals surface area contributed by atoms with Crippen LogP contribution >= 0.6 is 0 Å². The van der Waals surface area contributed by atoms with Gasteiger partial charge < -0.3 is 11.5 Å². The van der Waals surface area contributed by atoms with E-state index in [1.165, 1.54) is 0 Å². The molecule has 2 atom stereocenters. The fourth-order valence-electron chi connectivity index (χ4n) is 0.874. The molecule has 4 N–H and O–H groups in total. The average molecular weight is 174 g/mol. The third kappa shape index (κ3) is 4.46. The number of nitrogens with two attached hydrogens (primary N) is 2. The SMILES string of the molecule is CCC(N)/C(C)=C/CC(N)CF. The Labute approximate surface area is 73.8 Å². The van der Waals surface area contributed by atoms with E-state index in [0.29, 0.717) is 6.42 Å². The maximum absolute atomic E-state index is 11.9. The summed E-state index contributed by atoms with van der Waals surface area (Å²) in [6, 6.07) is -0.277. The second-order valence-corrected chi connectivity index (χ2v) is 3.11. The van der Waals surface area contributed by atoms with Crippen molar-refractivity contribution in [1.29, 1.82) is 0 Å². The fourth-order valence-corrected chi connectivity index (χ4v) is 0.874. The maximum Gasteiger partial charge on any atom is 0.105 e. The lowest BCUT2D eigenvalue weighted by Gasteiger charge is -2.10. The van der Waals surface area contributed by atoms with Crippen LogP contribution in [0, 0.1) is 0 Å². The Kier molecular flexibility index (Phi) is 5.93. The summed E-state index contributed by atoms with van der Waals surface area (Å²) in [6.07, 6.45) is 3.42. The van der Waals surface area contributed by atoms with Crippen LogP contribution in [0.15, 0.2) is 11.6 Å². The Bertz CT molecular complexity index is 145. The number of rotatable bonds is 5. The van der Waals surface area contributed by atoms with Crippen LogP contribution in [-0.4, -0.2) is 18.8 Å². The van der Waals surface area contributed by atoms with Gasteiger partial charge in [0.2, 0.25) is 0 Å². The largest absolute Gasteiger partial charge is 0.325 e. The fraction of sp³-hybridized carbons (Fsp3) is 0.778. The van der Waals surface area contributed by atoms with Gasteiger partial charge >= 0.3 is 0 Å². The van der Waals surface area contributed by atoms with Crippen molar-refractivity contribution in [2.45, 2.75) is 38.8 Å². The zero-order valence-electron chi connectivity index (χ0n) is 7.89. The van der Waals surface area contributed by atoms with Crippen LogP contribution in [0.2, 0.25) is 0 Å². The Morgan fingerprint density at radius 3 is 2.50 bits per heavy atom. The Morgan fingerprint density at radius 2 is 2.08 bits per heavy atom. The van der Waals surface area contributed by atoms with Crippen LogP contribution in [0.3, 0.4) is 0 Å². The summed E-state index contributed by atoms with van der Waals surface area (Å²) in [7, 11) is 0. The minimum atomic E-state index is -0.467. The quantitative estimate of drug-likeness (QED) is 0.618. The zero-order valence-corrected chi connectivity index (χ0v) is 7.89. The van der Waals surface area contributed by atoms with Crippen LogP contribution in [0.4, 0.5) is 4.39 Å². The van der Waals surface area contributed by atoms with Crippen molar-refractivity contribution in [2.75, 3.05) is 6.67 Å². The van der Waals surface area contributed by atoms with E-state index in [9.17, 15) is 4.39 Å². The monoisotopic (exact) mass is 174 g/mol. The van der Waals surface area contributed by atoms with Gasteiger partial charge in [0.05, 0.1) is 0 Å². The highest BCUT2D eigenvalue weighted by Gasteiger charge is 2.02. The minimum absolute atomic E-state index is 0.0943. The van der Waals surface area contributed by atoms with Gasteiger partial charge in [0.25, 0.3) is 0 Å². The summed E-state index contributed by atoms with van der Waals surface area (Å²) < 4.78 is 11.9. The molecular formula is C9H19FN2. The first-order valence-corrected chi connectivity index (χ1v) is 4.35. The van der Waals surface area contributed by atoms with E-state index in [1.54, 1.807) is 0 Å². The zero-order chi connectivity index (χ0) is 9.56. The molecule has 12 heavy (non-hydrogen) atoms. The standard InChI is InChI=1S/C9H19FN2/c1-3-9(12)7(2)4-5-8(11)6-10/h4,8-9H,3,5-6,11-12H2,1-2H3/b7-4+. The highest BCUT2D eigenvalue weighted by Crippen LogP contribution is 2.04. The number of hydrogen-bond donors (Lipinski definition) is 2. The van der Waals surface area contributed by atoms with Crippen molar-refractivity contribution in [3.8, 4) is 0 Å². The summed E-state index contributed by atoms with van der Waals surface area (Å²) >= 11 is 0. The van der Waals surface area contributed by atoms with E-state index in [2.05, 4.69) is 0 Å². The summed E-state index contributed by atoms with van der Waals surface area (Å²) in [5, 5.41) is 0. The highest BCUT2D eigenvalue weighted by atomic mass is 19.1. The molecule has 72 valence electrons. The van der Waals surface area contributed by atoms with Crippen molar-refractivity contribution < 1.29 is 4.39 Å². The van der Waals surface area contributed by atoms with E-state index in [-0.39, 0.29) is 12.1 Å². The lowest BCUT2D eigenvalue weighted by Crippen LogP contribution is -2.23. The predicted molar refractivity (Wildman–Crippen MR) is 50.6 cm³/mol. The van der Waals surface area contributed by atoms with Crippen LogP contribution in [-0.2, 0) is 0 Å². The first-order valence-electron chi connectivity index (χ1n) is 4.35. The second-order valence-electron chi connectivity index (χ2n) is 3.11. The average Bonchev–Trinajstić information content (AvgIpc) is 2.11. The Hall–Kier alpha value is -0.410. The lowest BCUT2D eigenvalue weighted by molar-refractivity contribution is 0.429. The first-order chi connectivity index (χ1) is 5.61. The van der Waals surface area contributed by atoms with Gasteiger partial charge in [0.15, 0.2) is 0 Å². The van der Waals surface area contributed by atoms with Gasteiger partial charge in [0, 0.05) is 12.1 Å². The molecule has 0 aliphatic heterocycles. The summed E-state index contributed by atoms with van der Waals surface area (Å²) in [6.45, 7) is 3.52. The number of hydrogen-bond acceptors (Lipinski definition) is 2. The van der Waals surface area contributed by atoms with Gasteiger partial charge in [-0.15, -0.1) is 0 Å². The van der Waals surface area contributed by atoms with Crippen molar-refractivity contribution in [2.24, 2.45) is 11.5 Å². The molecule has 0 bridgehead atoms. The molecule has 0 radical (unpaired) electrons. The van der Waals surface area contributed by atoms with Gasteiger partial charge in [0.1, 0.15) is 6.67 Å². The topological polar surface area (TPSA) is 52.0 Å². The van der Waals surface area contributed by atoms with Gasteiger partial charge in [-0.25, -0.2) is 4.39 Å². The van der Waals surface area contributed by atoms with E-state index < -0.39 is 6.67 Å².